The maximum atomic E-state index is 4.56. The maximum Gasteiger partial charge on any atom is 0.226 e. The molecular weight excluding hydrogens is 240 g/mol. The van der Waals surface area contributed by atoms with Crippen molar-refractivity contribution in [2.24, 2.45) is 7.05 Å². The smallest absolute Gasteiger partial charge is 0.226 e. The van der Waals surface area contributed by atoms with Crippen LogP contribution >= 0.6 is 0 Å². The van der Waals surface area contributed by atoms with Gasteiger partial charge in [0.15, 0.2) is 5.82 Å². The highest BCUT2D eigenvalue weighted by Crippen LogP contribution is 2.33. The van der Waals surface area contributed by atoms with Gasteiger partial charge in [0.2, 0.25) is 5.95 Å². The average molecular weight is 258 g/mol. The van der Waals surface area contributed by atoms with Crippen molar-refractivity contribution in [3.05, 3.63) is 29.6 Å². The summed E-state index contributed by atoms with van der Waals surface area (Å²) in [6.07, 6.45) is 3.95. The quantitative estimate of drug-likeness (QED) is 0.818. The van der Waals surface area contributed by atoms with Gasteiger partial charge in [-0.05, 0) is 32.8 Å². The van der Waals surface area contributed by atoms with Crippen molar-refractivity contribution in [3.8, 4) is 0 Å². The van der Waals surface area contributed by atoms with Crippen molar-refractivity contribution in [2.75, 3.05) is 11.4 Å². The second-order valence-electron chi connectivity index (χ2n) is 5.10. The third kappa shape index (κ3) is 2.18. The van der Waals surface area contributed by atoms with Crippen molar-refractivity contribution in [3.63, 3.8) is 0 Å². The Hall–Kier alpha value is -1.98. The standard InChI is InChI=1S/C13H18N6/c1-9-7-10(2)16-13(15-9)19-6-4-5-11(19)12-17-14-8-18(12)3/h7-8,11H,4-6H2,1-3H3/t11-/m1/s1. The first kappa shape index (κ1) is 12.1. The molecule has 1 aliphatic rings. The molecule has 1 aliphatic heterocycles. The molecule has 1 fully saturated rings. The molecule has 0 N–H and O–H groups in total. The van der Waals surface area contributed by atoms with Crippen LogP contribution in [0.5, 0.6) is 0 Å². The van der Waals surface area contributed by atoms with Crippen molar-refractivity contribution < 1.29 is 0 Å². The van der Waals surface area contributed by atoms with E-state index in [0.29, 0.717) is 0 Å². The van der Waals surface area contributed by atoms with Crippen LogP contribution in [0.25, 0.3) is 0 Å². The van der Waals surface area contributed by atoms with Crippen LogP contribution in [0.15, 0.2) is 12.4 Å². The Kier molecular flexibility index (Phi) is 2.93. The molecule has 0 amide bonds. The fourth-order valence-corrected chi connectivity index (χ4v) is 2.70. The van der Waals surface area contributed by atoms with Gasteiger partial charge in [-0.25, -0.2) is 9.97 Å². The van der Waals surface area contributed by atoms with E-state index in [-0.39, 0.29) is 6.04 Å². The molecule has 3 heterocycles. The van der Waals surface area contributed by atoms with Crippen LogP contribution in [0.4, 0.5) is 5.95 Å². The molecule has 3 rings (SSSR count). The lowest BCUT2D eigenvalue weighted by molar-refractivity contribution is 0.618. The van der Waals surface area contributed by atoms with E-state index >= 15 is 0 Å². The van der Waals surface area contributed by atoms with Crippen LogP contribution in [0.2, 0.25) is 0 Å². The summed E-state index contributed by atoms with van der Waals surface area (Å²) >= 11 is 0. The van der Waals surface area contributed by atoms with Gasteiger partial charge in [0.25, 0.3) is 0 Å². The number of aromatic nitrogens is 5. The Bertz CT molecular complexity index is 570. The zero-order chi connectivity index (χ0) is 13.4. The van der Waals surface area contributed by atoms with Gasteiger partial charge >= 0.3 is 0 Å². The van der Waals surface area contributed by atoms with E-state index in [4.69, 9.17) is 0 Å². The summed E-state index contributed by atoms with van der Waals surface area (Å²) in [5, 5.41) is 8.21. The molecule has 2 aromatic rings. The zero-order valence-electron chi connectivity index (χ0n) is 11.5. The van der Waals surface area contributed by atoms with Crippen molar-refractivity contribution in [1.29, 1.82) is 0 Å². The molecule has 1 saturated heterocycles. The van der Waals surface area contributed by atoms with E-state index in [0.717, 1.165) is 42.5 Å². The van der Waals surface area contributed by atoms with Crippen LogP contribution < -0.4 is 4.90 Å². The van der Waals surface area contributed by atoms with Crippen LogP contribution in [-0.4, -0.2) is 31.3 Å². The topological polar surface area (TPSA) is 59.7 Å². The Morgan fingerprint density at radius 2 is 1.95 bits per heavy atom. The molecule has 0 saturated carbocycles. The SMILES string of the molecule is Cc1cc(C)nc(N2CCC[C@@H]2c2nncn2C)n1. The van der Waals surface area contributed by atoms with Crippen molar-refractivity contribution in [1.82, 2.24) is 24.7 Å². The summed E-state index contributed by atoms with van der Waals surface area (Å²) in [6.45, 7) is 4.98. The fourth-order valence-electron chi connectivity index (χ4n) is 2.70. The minimum atomic E-state index is 0.230. The van der Waals surface area contributed by atoms with Gasteiger partial charge in [-0.1, -0.05) is 0 Å². The molecule has 0 unspecified atom stereocenters. The Morgan fingerprint density at radius 1 is 1.21 bits per heavy atom. The highest BCUT2D eigenvalue weighted by Gasteiger charge is 2.31. The van der Waals surface area contributed by atoms with Gasteiger partial charge in [0.05, 0.1) is 6.04 Å². The van der Waals surface area contributed by atoms with Crippen molar-refractivity contribution >= 4 is 5.95 Å². The van der Waals surface area contributed by atoms with Gasteiger partial charge in [0, 0.05) is 25.0 Å². The number of hydrogen-bond acceptors (Lipinski definition) is 5. The fraction of sp³-hybridized carbons (Fsp3) is 0.538. The van der Waals surface area contributed by atoms with Crippen LogP contribution in [0, 0.1) is 13.8 Å². The van der Waals surface area contributed by atoms with E-state index in [1.165, 1.54) is 0 Å². The number of nitrogens with zero attached hydrogens (tertiary/aromatic N) is 6. The Balaban J connectivity index is 1.97. The predicted octanol–water partition coefficient (Wildman–Crippen LogP) is 1.56. The van der Waals surface area contributed by atoms with E-state index in [9.17, 15) is 0 Å². The number of anilines is 1. The van der Waals surface area contributed by atoms with Gasteiger partial charge in [0.1, 0.15) is 6.33 Å². The minimum absolute atomic E-state index is 0.230. The van der Waals surface area contributed by atoms with Gasteiger partial charge < -0.3 is 9.47 Å². The Morgan fingerprint density at radius 3 is 2.58 bits per heavy atom. The zero-order valence-corrected chi connectivity index (χ0v) is 11.5. The van der Waals surface area contributed by atoms with Gasteiger partial charge in [-0.15, -0.1) is 10.2 Å². The third-order valence-corrected chi connectivity index (χ3v) is 3.52. The lowest BCUT2D eigenvalue weighted by Crippen LogP contribution is -2.27. The highest BCUT2D eigenvalue weighted by molar-refractivity contribution is 5.36. The highest BCUT2D eigenvalue weighted by atomic mass is 15.3. The number of hydrogen-bond donors (Lipinski definition) is 0. The molecule has 2 aromatic heterocycles. The van der Waals surface area contributed by atoms with Gasteiger partial charge in [-0.3, -0.25) is 0 Å². The lowest BCUT2D eigenvalue weighted by Gasteiger charge is -2.24. The minimum Gasteiger partial charge on any atom is -0.331 e. The van der Waals surface area contributed by atoms with E-state index < -0.39 is 0 Å². The average Bonchev–Trinajstić information content (AvgIpc) is 2.95. The molecule has 0 radical (unpaired) electrons. The molecule has 6 nitrogen and oxygen atoms in total. The molecule has 0 aromatic carbocycles. The molecule has 0 bridgehead atoms. The molecule has 0 aliphatic carbocycles. The van der Waals surface area contributed by atoms with Gasteiger partial charge in [-0.2, -0.15) is 0 Å². The summed E-state index contributed by atoms with van der Waals surface area (Å²) in [7, 11) is 1.98. The summed E-state index contributed by atoms with van der Waals surface area (Å²) in [6, 6.07) is 2.23. The largest absolute Gasteiger partial charge is 0.331 e. The Labute approximate surface area is 112 Å². The molecule has 6 heteroatoms. The lowest BCUT2D eigenvalue weighted by atomic mass is 10.2. The second-order valence-corrected chi connectivity index (χ2v) is 5.10. The van der Waals surface area contributed by atoms with Crippen LogP contribution in [0.3, 0.4) is 0 Å². The number of aryl methyl sites for hydroxylation is 3. The van der Waals surface area contributed by atoms with Crippen LogP contribution in [-0.2, 0) is 7.05 Å². The molecule has 0 spiro atoms. The predicted molar refractivity (Wildman–Crippen MR) is 71.8 cm³/mol. The van der Waals surface area contributed by atoms with Crippen molar-refractivity contribution in [2.45, 2.75) is 32.7 Å². The number of rotatable bonds is 2. The monoisotopic (exact) mass is 258 g/mol. The van der Waals surface area contributed by atoms with E-state index in [1.54, 1.807) is 6.33 Å². The summed E-state index contributed by atoms with van der Waals surface area (Å²) in [4.78, 5) is 11.4. The van der Waals surface area contributed by atoms with Crippen LogP contribution in [0.1, 0.15) is 36.1 Å². The summed E-state index contributed by atoms with van der Waals surface area (Å²) in [5.41, 5.74) is 2.01. The third-order valence-electron chi connectivity index (χ3n) is 3.52. The molecule has 100 valence electrons. The normalized spacial score (nSPS) is 19.1. The van der Waals surface area contributed by atoms with E-state index in [1.807, 2.05) is 31.5 Å². The first-order chi connectivity index (χ1) is 9.15. The van der Waals surface area contributed by atoms with E-state index in [2.05, 4.69) is 25.1 Å². The first-order valence-corrected chi connectivity index (χ1v) is 6.58. The molecular formula is C13H18N6. The first-order valence-electron chi connectivity index (χ1n) is 6.58. The molecule has 1 atom stereocenters. The summed E-state index contributed by atoms with van der Waals surface area (Å²) < 4.78 is 1.98. The second kappa shape index (κ2) is 4.60. The molecule has 19 heavy (non-hydrogen) atoms. The maximum absolute atomic E-state index is 4.56. The summed E-state index contributed by atoms with van der Waals surface area (Å²) in [5.74, 6) is 1.79.